The molecule has 4 nitrogen and oxygen atoms in total. The van der Waals surface area contributed by atoms with E-state index in [0.717, 1.165) is 45.4 Å². The minimum Gasteiger partial charge on any atom is -0.377 e. The molecule has 0 spiro atoms. The maximum Gasteiger partial charge on any atom is 0.123 e. The Labute approximate surface area is 120 Å². The molecule has 1 aromatic heterocycles. The van der Waals surface area contributed by atoms with Crippen LogP contribution in [0.2, 0.25) is 0 Å². The first-order valence-electron chi connectivity index (χ1n) is 7.49. The summed E-state index contributed by atoms with van der Waals surface area (Å²) < 4.78 is 5.73. The number of aromatic nitrogens is 2. The zero-order valence-corrected chi connectivity index (χ0v) is 12.8. The lowest BCUT2D eigenvalue weighted by molar-refractivity contribution is 0.100. The van der Waals surface area contributed by atoms with Crippen molar-refractivity contribution >= 4 is 11.3 Å². The van der Waals surface area contributed by atoms with E-state index >= 15 is 0 Å². The van der Waals surface area contributed by atoms with E-state index in [9.17, 15) is 0 Å². The van der Waals surface area contributed by atoms with Gasteiger partial charge in [-0.15, -0.1) is 21.5 Å². The predicted octanol–water partition coefficient (Wildman–Crippen LogP) is 2.75. The van der Waals surface area contributed by atoms with Crippen LogP contribution in [0.15, 0.2) is 0 Å². The van der Waals surface area contributed by atoms with Gasteiger partial charge in [-0.05, 0) is 38.8 Å². The fourth-order valence-electron chi connectivity index (χ4n) is 2.52. The number of hydrogen-bond acceptors (Lipinski definition) is 5. The van der Waals surface area contributed by atoms with Crippen LogP contribution in [0.1, 0.15) is 55.5 Å². The van der Waals surface area contributed by atoms with Gasteiger partial charge in [0.2, 0.25) is 0 Å². The monoisotopic (exact) mass is 283 g/mol. The molecule has 2 heterocycles. The first kappa shape index (κ1) is 14.9. The van der Waals surface area contributed by atoms with Crippen LogP contribution in [0.5, 0.6) is 0 Å². The minimum absolute atomic E-state index is 0.354. The number of aryl methyl sites for hydroxylation is 1. The molecule has 2 atom stereocenters. The molecule has 108 valence electrons. The number of nitrogens with one attached hydrogen (secondary N) is 1. The molecule has 2 unspecified atom stereocenters. The molecule has 0 saturated carbocycles. The van der Waals surface area contributed by atoms with Crippen LogP contribution in [0.4, 0.5) is 0 Å². The van der Waals surface area contributed by atoms with Crippen molar-refractivity contribution in [1.82, 2.24) is 15.5 Å². The summed E-state index contributed by atoms with van der Waals surface area (Å²) >= 11 is 1.78. The summed E-state index contributed by atoms with van der Waals surface area (Å²) in [4.78, 5) is 0. The van der Waals surface area contributed by atoms with Gasteiger partial charge in [-0.1, -0.05) is 13.8 Å². The number of nitrogens with zero attached hydrogens (tertiary/aromatic N) is 2. The van der Waals surface area contributed by atoms with Gasteiger partial charge < -0.3 is 10.1 Å². The molecule has 5 heteroatoms. The molecule has 0 aliphatic carbocycles. The Hall–Kier alpha value is -0.520. The fourth-order valence-corrected chi connectivity index (χ4v) is 3.59. The van der Waals surface area contributed by atoms with Crippen LogP contribution < -0.4 is 5.32 Å². The topological polar surface area (TPSA) is 47.0 Å². The van der Waals surface area contributed by atoms with Crippen molar-refractivity contribution in [1.29, 1.82) is 0 Å². The van der Waals surface area contributed by atoms with Crippen LogP contribution >= 0.6 is 11.3 Å². The standard InChI is InChI=1S/C14H25N3OS/c1-3-8-15-9-5-6-13-16-17-14(19-13)11-7-10-18-12(11)4-2/h11-12,15H,3-10H2,1-2H3. The lowest BCUT2D eigenvalue weighted by atomic mass is 10.0. The van der Waals surface area contributed by atoms with Gasteiger partial charge in [-0.3, -0.25) is 0 Å². The summed E-state index contributed by atoms with van der Waals surface area (Å²) in [6.45, 7) is 7.44. The van der Waals surface area contributed by atoms with E-state index in [1.54, 1.807) is 11.3 Å². The molecule has 0 bridgehead atoms. The summed E-state index contributed by atoms with van der Waals surface area (Å²) in [7, 11) is 0. The summed E-state index contributed by atoms with van der Waals surface area (Å²) in [5.74, 6) is 0.481. The van der Waals surface area contributed by atoms with E-state index in [-0.39, 0.29) is 0 Å². The second-order valence-electron chi connectivity index (χ2n) is 5.10. The van der Waals surface area contributed by atoms with Crippen molar-refractivity contribution < 1.29 is 4.74 Å². The Bertz CT molecular complexity index is 369. The predicted molar refractivity (Wildman–Crippen MR) is 78.8 cm³/mol. The van der Waals surface area contributed by atoms with E-state index in [1.165, 1.54) is 16.4 Å². The van der Waals surface area contributed by atoms with Crippen LogP contribution in [0.25, 0.3) is 0 Å². The van der Waals surface area contributed by atoms with Crippen molar-refractivity contribution in [3.05, 3.63) is 10.0 Å². The van der Waals surface area contributed by atoms with Crippen molar-refractivity contribution in [3.63, 3.8) is 0 Å². The third-order valence-corrected chi connectivity index (χ3v) is 4.70. The normalized spacial score (nSPS) is 23.1. The average molecular weight is 283 g/mol. The maximum absolute atomic E-state index is 5.73. The van der Waals surface area contributed by atoms with Crippen LogP contribution in [0.3, 0.4) is 0 Å². The number of ether oxygens (including phenoxy) is 1. The van der Waals surface area contributed by atoms with Crippen molar-refractivity contribution in [3.8, 4) is 0 Å². The summed E-state index contributed by atoms with van der Waals surface area (Å²) in [6, 6.07) is 0. The largest absolute Gasteiger partial charge is 0.377 e. The molecule has 1 aliphatic heterocycles. The van der Waals surface area contributed by atoms with Crippen LogP contribution in [0, 0.1) is 0 Å². The third-order valence-electron chi connectivity index (χ3n) is 3.58. The van der Waals surface area contributed by atoms with Crippen molar-refractivity contribution in [2.45, 2.75) is 58.0 Å². The van der Waals surface area contributed by atoms with E-state index in [4.69, 9.17) is 4.74 Å². The lowest BCUT2D eigenvalue weighted by Gasteiger charge is -2.12. The van der Waals surface area contributed by atoms with Gasteiger partial charge >= 0.3 is 0 Å². The smallest absolute Gasteiger partial charge is 0.123 e. The van der Waals surface area contributed by atoms with Crippen LogP contribution in [-0.2, 0) is 11.2 Å². The minimum atomic E-state index is 0.354. The average Bonchev–Trinajstić information content (AvgIpc) is 3.06. The van der Waals surface area contributed by atoms with Gasteiger partial charge in [0.05, 0.1) is 6.10 Å². The van der Waals surface area contributed by atoms with Gasteiger partial charge in [0.25, 0.3) is 0 Å². The van der Waals surface area contributed by atoms with Gasteiger partial charge in [-0.25, -0.2) is 0 Å². The number of rotatable bonds is 8. The zero-order valence-electron chi connectivity index (χ0n) is 12.0. The highest BCUT2D eigenvalue weighted by Crippen LogP contribution is 2.34. The molecular formula is C14H25N3OS. The van der Waals surface area contributed by atoms with Gasteiger partial charge in [0, 0.05) is 18.9 Å². The molecule has 1 aliphatic rings. The molecule has 2 rings (SSSR count). The van der Waals surface area contributed by atoms with Gasteiger partial charge in [0.15, 0.2) is 0 Å². The molecule has 1 N–H and O–H groups in total. The third kappa shape index (κ3) is 4.23. The van der Waals surface area contributed by atoms with Crippen molar-refractivity contribution in [2.24, 2.45) is 0 Å². The Kier molecular flexibility index (Phi) is 6.20. The number of hydrogen-bond donors (Lipinski definition) is 1. The van der Waals surface area contributed by atoms with E-state index < -0.39 is 0 Å². The van der Waals surface area contributed by atoms with Gasteiger partial charge in [-0.2, -0.15) is 0 Å². The van der Waals surface area contributed by atoms with E-state index in [0.29, 0.717) is 12.0 Å². The molecule has 0 aromatic carbocycles. The highest BCUT2D eigenvalue weighted by atomic mass is 32.1. The molecule has 1 saturated heterocycles. The second kappa shape index (κ2) is 7.92. The Morgan fingerprint density at radius 2 is 2.21 bits per heavy atom. The first-order chi connectivity index (χ1) is 9.35. The highest BCUT2D eigenvalue weighted by Gasteiger charge is 2.30. The summed E-state index contributed by atoms with van der Waals surface area (Å²) in [6.07, 6.45) is 5.91. The molecule has 1 aromatic rings. The van der Waals surface area contributed by atoms with E-state index in [1.807, 2.05) is 0 Å². The molecule has 19 heavy (non-hydrogen) atoms. The summed E-state index contributed by atoms with van der Waals surface area (Å²) in [5, 5.41) is 14.5. The Balaban J connectivity index is 1.78. The maximum atomic E-state index is 5.73. The Morgan fingerprint density at radius 1 is 1.32 bits per heavy atom. The van der Waals surface area contributed by atoms with Gasteiger partial charge in [0.1, 0.15) is 10.0 Å². The van der Waals surface area contributed by atoms with Crippen LogP contribution in [-0.4, -0.2) is 36.0 Å². The molecule has 0 radical (unpaired) electrons. The summed E-state index contributed by atoms with van der Waals surface area (Å²) in [5.41, 5.74) is 0. The second-order valence-corrected chi connectivity index (χ2v) is 6.19. The zero-order chi connectivity index (χ0) is 13.5. The van der Waals surface area contributed by atoms with E-state index in [2.05, 4.69) is 29.4 Å². The first-order valence-corrected chi connectivity index (χ1v) is 8.31. The lowest BCUT2D eigenvalue weighted by Crippen LogP contribution is -2.16. The highest BCUT2D eigenvalue weighted by molar-refractivity contribution is 7.11. The molecule has 0 amide bonds. The Morgan fingerprint density at radius 3 is 3.00 bits per heavy atom. The molecular weight excluding hydrogens is 258 g/mol. The SMILES string of the molecule is CCCNCCCc1nnc(C2CCOC2CC)s1. The quantitative estimate of drug-likeness (QED) is 0.745. The van der Waals surface area contributed by atoms with Crippen molar-refractivity contribution in [2.75, 3.05) is 19.7 Å². The fraction of sp³-hybridized carbons (Fsp3) is 0.857. The molecule has 1 fully saturated rings.